The number of nitro groups is 1. The Morgan fingerprint density at radius 2 is 1.82 bits per heavy atom. The van der Waals surface area contributed by atoms with Crippen LogP contribution in [-0.2, 0) is 6.54 Å². The molecular formula is C23H21N5O4S. The minimum atomic E-state index is -0.455. The first kappa shape index (κ1) is 22.3. The van der Waals surface area contributed by atoms with E-state index < -0.39 is 10.8 Å². The highest BCUT2D eigenvalue weighted by molar-refractivity contribution is 7.99. The van der Waals surface area contributed by atoms with Crippen molar-refractivity contribution in [1.29, 1.82) is 0 Å². The number of carbonyl (C=O) groups is 1. The highest BCUT2D eigenvalue weighted by Gasteiger charge is 2.26. The first-order valence-electron chi connectivity index (χ1n) is 10.1. The molecule has 0 spiro atoms. The highest BCUT2D eigenvalue weighted by atomic mass is 32.2. The first-order valence-corrected chi connectivity index (χ1v) is 10.9. The molecule has 0 aliphatic rings. The number of nitrogens with zero attached hydrogens (tertiary/aromatic N) is 4. The van der Waals surface area contributed by atoms with E-state index in [0.29, 0.717) is 28.4 Å². The molecule has 10 heteroatoms. The van der Waals surface area contributed by atoms with Crippen LogP contribution in [0, 0.1) is 30.9 Å². The average molecular weight is 464 g/mol. The molecule has 1 amide bonds. The molecule has 0 aliphatic heterocycles. The molecule has 0 saturated carbocycles. The minimum absolute atomic E-state index is 0.0398. The quantitative estimate of drug-likeness (QED) is 0.297. The summed E-state index contributed by atoms with van der Waals surface area (Å²) >= 11 is 1.54. The van der Waals surface area contributed by atoms with Crippen LogP contribution < -0.4 is 5.32 Å². The fourth-order valence-corrected chi connectivity index (χ4v) is 4.39. The van der Waals surface area contributed by atoms with Gasteiger partial charge in [-0.05, 0) is 45.0 Å². The largest absolute Gasteiger partial charge is 0.361 e. The maximum absolute atomic E-state index is 13.1. The second-order valence-electron chi connectivity index (χ2n) is 7.37. The van der Waals surface area contributed by atoms with Gasteiger partial charge in [0.25, 0.3) is 5.91 Å². The number of hydrogen-bond acceptors (Lipinski definition) is 7. The van der Waals surface area contributed by atoms with Crippen LogP contribution >= 0.6 is 11.8 Å². The molecule has 168 valence electrons. The monoisotopic (exact) mass is 463 g/mol. The van der Waals surface area contributed by atoms with E-state index in [-0.39, 0.29) is 17.9 Å². The number of aromatic nitrogens is 3. The third-order valence-electron chi connectivity index (χ3n) is 5.14. The van der Waals surface area contributed by atoms with Crippen molar-refractivity contribution in [2.45, 2.75) is 37.1 Å². The average Bonchev–Trinajstić information content (AvgIpc) is 3.29. The predicted octanol–water partition coefficient (Wildman–Crippen LogP) is 5.16. The summed E-state index contributed by atoms with van der Waals surface area (Å²) in [5.74, 6) is 0.0151. The second kappa shape index (κ2) is 9.29. The zero-order valence-corrected chi connectivity index (χ0v) is 19.0. The van der Waals surface area contributed by atoms with Crippen LogP contribution in [0.4, 0.5) is 11.4 Å². The van der Waals surface area contributed by atoms with Crippen LogP contribution in [0.3, 0.4) is 0 Å². The predicted molar refractivity (Wildman–Crippen MR) is 124 cm³/mol. The van der Waals surface area contributed by atoms with Gasteiger partial charge < -0.3 is 9.84 Å². The Balaban J connectivity index is 1.60. The topological polar surface area (TPSA) is 116 Å². The van der Waals surface area contributed by atoms with Crippen molar-refractivity contribution in [3.63, 3.8) is 0 Å². The number of benzene rings is 2. The summed E-state index contributed by atoms with van der Waals surface area (Å²) in [5, 5.41) is 22.4. The summed E-state index contributed by atoms with van der Waals surface area (Å²) in [6.07, 6.45) is 0. The van der Waals surface area contributed by atoms with E-state index in [1.807, 2.05) is 54.6 Å². The molecule has 2 heterocycles. The van der Waals surface area contributed by atoms with Gasteiger partial charge in [0.05, 0.1) is 17.2 Å². The Bertz CT molecular complexity index is 1330. The van der Waals surface area contributed by atoms with E-state index in [2.05, 4.69) is 15.6 Å². The van der Waals surface area contributed by atoms with E-state index in [9.17, 15) is 14.9 Å². The number of aryl methyl sites for hydroxylation is 2. The zero-order chi connectivity index (χ0) is 23.5. The molecule has 0 atom stereocenters. The third kappa shape index (κ3) is 4.65. The van der Waals surface area contributed by atoms with Crippen LogP contribution in [0.1, 0.15) is 33.2 Å². The molecule has 2 aromatic heterocycles. The minimum Gasteiger partial charge on any atom is -0.361 e. The van der Waals surface area contributed by atoms with Crippen molar-refractivity contribution < 1.29 is 14.2 Å². The van der Waals surface area contributed by atoms with Crippen molar-refractivity contribution >= 4 is 29.0 Å². The van der Waals surface area contributed by atoms with E-state index in [0.717, 1.165) is 9.79 Å². The summed E-state index contributed by atoms with van der Waals surface area (Å²) < 4.78 is 6.78. The summed E-state index contributed by atoms with van der Waals surface area (Å²) in [6.45, 7) is 5.02. The fraction of sp³-hybridized carbons (Fsp3) is 0.174. The van der Waals surface area contributed by atoms with Crippen molar-refractivity contribution in [2.75, 3.05) is 5.32 Å². The fourth-order valence-electron chi connectivity index (χ4n) is 3.47. The van der Waals surface area contributed by atoms with Gasteiger partial charge in [-0.3, -0.25) is 19.6 Å². The van der Waals surface area contributed by atoms with Crippen LogP contribution in [0.15, 0.2) is 68.9 Å². The van der Waals surface area contributed by atoms with Gasteiger partial charge in [0.1, 0.15) is 17.1 Å². The number of carbonyl (C=O) groups excluding carboxylic acids is 1. The Kier molecular flexibility index (Phi) is 6.27. The third-order valence-corrected chi connectivity index (χ3v) is 6.22. The number of hydrogen-bond donors (Lipinski definition) is 1. The molecule has 0 fully saturated rings. The molecule has 0 bridgehead atoms. The molecule has 1 N–H and O–H groups in total. The van der Waals surface area contributed by atoms with E-state index in [4.69, 9.17) is 4.52 Å². The second-order valence-corrected chi connectivity index (χ2v) is 8.48. The summed E-state index contributed by atoms with van der Waals surface area (Å²) in [7, 11) is 0. The number of amides is 1. The molecule has 0 unspecified atom stereocenters. The summed E-state index contributed by atoms with van der Waals surface area (Å²) in [4.78, 5) is 25.9. The Morgan fingerprint density at radius 3 is 2.52 bits per heavy atom. The molecule has 33 heavy (non-hydrogen) atoms. The van der Waals surface area contributed by atoms with Crippen LogP contribution in [-0.4, -0.2) is 25.8 Å². The van der Waals surface area contributed by atoms with Gasteiger partial charge in [0.15, 0.2) is 5.69 Å². The molecule has 4 aromatic rings. The van der Waals surface area contributed by atoms with Crippen LogP contribution in [0.5, 0.6) is 0 Å². The van der Waals surface area contributed by atoms with Gasteiger partial charge in [0.2, 0.25) is 0 Å². The normalized spacial score (nSPS) is 10.9. The zero-order valence-electron chi connectivity index (χ0n) is 18.2. The van der Waals surface area contributed by atoms with E-state index in [1.165, 1.54) is 16.4 Å². The Morgan fingerprint density at radius 1 is 1.12 bits per heavy atom. The highest BCUT2D eigenvalue weighted by Crippen LogP contribution is 2.33. The SMILES string of the molecule is Cc1nn(Cc2c(C(=O)Nc3ccccc3Sc3ccccc3)noc2C)c(C)c1[N+](=O)[O-]. The molecular weight excluding hydrogens is 442 g/mol. The lowest BCUT2D eigenvalue weighted by Gasteiger charge is -2.11. The lowest BCUT2D eigenvalue weighted by atomic mass is 10.1. The van der Waals surface area contributed by atoms with Gasteiger partial charge in [-0.1, -0.05) is 47.3 Å². The van der Waals surface area contributed by atoms with Gasteiger partial charge in [-0.15, -0.1) is 0 Å². The van der Waals surface area contributed by atoms with Gasteiger partial charge in [-0.25, -0.2) is 0 Å². The van der Waals surface area contributed by atoms with Crippen molar-refractivity contribution in [3.05, 3.63) is 93.1 Å². The molecule has 0 saturated heterocycles. The summed E-state index contributed by atoms with van der Waals surface area (Å²) in [6, 6.07) is 17.3. The number of anilines is 1. The molecule has 2 aromatic carbocycles. The molecule has 4 rings (SSSR count). The van der Waals surface area contributed by atoms with Gasteiger partial charge >= 0.3 is 5.69 Å². The molecule has 0 radical (unpaired) electrons. The number of rotatable bonds is 7. The van der Waals surface area contributed by atoms with Gasteiger partial charge in [-0.2, -0.15) is 5.10 Å². The molecule has 0 aliphatic carbocycles. The lowest BCUT2D eigenvalue weighted by Crippen LogP contribution is -2.17. The van der Waals surface area contributed by atoms with Crippen molar-refractivity contribution in [3.8, 4) is 0 Å². The Hall–Kier alpha value is -3.92. The van der Waals surface area contributed by atoms with Crippen LogP contribution in [0.25, 0.3) is 0 Å². The number of nitrogens with one attached hydrogen (secondary N) is 1. The number of para-hydroxylation sites is 1. The molecule has 9 nitrogen and oxygen atoms in total. The van der Waals surface area contributed by atoms with Crippen molar-refractivity contribution in [1.82, 2.24) is 14.9 Å². The standard InChI is InChI=1S/C23H21N5O4S/c1-14-22(28(30)31)15(2)27(25-14)13-18-16(3)32-26-21(18)23(29)24-19-11-7-8-12-20(19)33-17-9-5-4-6-10-17/h4-12H,13H2,1-3H3,(H,24,29). The van der Waals surface area contributed by atoms with Crippen LogP contribution in [0.2, 0.25) is 0 Å². The summed E-state index contributed by atoms with van der Waals surface area (Å²) in [5.41, 5.74) is 1.94. The van der Waals surface area contributed by atoms with E-state index in [1.54, 1.807) is 20.8 Å². The maximum atomic E-state index is 13.1. The smallest absolute Gasteiger partial charge is 0.312 e. The Labute approximate surface area is 193 Å². The van der Waals surface area contributed by atoms with E-state index >= 15 is 0 Å². The first-order chi connectivity index (χ1) is 15.8. The van der Waals surface area contributed by atoms with Crippen molar-refractivity contribution in [2.24, 2.45) is 0 Å². The maximum Gasteiger partial charge on any atom is 0.312 e. The lowest BCUT2D eigenvalue weighted by molar-refractivity contribution is -0.386. The van der Waals surface area contributed by atoms with Gasteiger partial charge in [0, 0.05) is 15.4 Å².